The van der Waals surface area contributed by atoms with Crippen LogP contribution in [-0.2, 0) is 6.42 Å². The molecule has 0 saturated carbocycles. The van der Waals surface area contributed by atoms with Crippen LogP contribution < -0.4 is 0 Å². The second-order valence-electron chi connectivity index (χ2n) is 3.13. The Bertz CT molecular complexity index is 520. The lowest BCUT2D eigenvalue weighted by atomic mass is 10.1. The van der Waals surface area contributed by atoms with Gasteiger partial charge in [0.15, 0.2) is 0 Å². The zero-order valence-electron chi connectivity index (χ0n) is 7.74. The van der Waals surface area contributed by atoms with Crippen LogP contribution in [0.4, 0.5) is 0 Å². The van der Waals surface area contributed by atoms with Crippen molar-refractivity contribution in [3.8, 4) is 6.07 Å². The third kappa shape index (κ3) is 1.41. The number of aryl methyl sites for hydroxylation is 1. The maximum Gasteiger partial charge on any atom is 0.0669 e. The Labute approximate surface area is 92.4 Å². The molecule has 0 spiro atoms. The molecule has 0 bridgehead atoms. The highest BCUT2D eigenvalue weighted by atomic mass is 32.1. The van der Waals surface area contributed by atoms with Crippen LogP contribution in [0.5, 0.6) is 0 Å². The maximum absolute atomic E-state index is 8.71. The molecule has 2 rings (SSSR count). The van der Waals surface area contributed by atoms with Crippen LogP contribution in [0.1, 0.15) is 10.4 Å². The fraction of sp³-hybridized carbons (Fsp3) is 0.182. The molecule has 0 atom stereocenters. The van der Waals surface area contributed by atoms with Crippen molar-refractivity contribution in [1.29, 1.82) is 5.26 Å². The van der Waals surface area contributed by atoms with Gasteiger partial charge in [-0.05, 0) is 18.6 Å². The monoisotopic (exact) mass is 219 g/mol. The lowest BCUT2D eigenvalue weighted by Gasteiger charge is -1.98. The van der Waals surface area contributed by atoms with Crippen molar-refractivity contribution in [3.63, 3.8) is 0 Å². The number of nitriles is 1. The Morgan fingerprint density at radius 3 is 3.00 bits per heavy atom. The molecule has 0 unspecified atom stereocenters. The van der Waals surface area contributed by atoms with Gasteiger partial charge in [0.05, 0.1) is 12.5 Å². The van der Waals surface area contributed by atoms with Crippen LogP contribution in [0.25, 0.3) is 10.1 Å². The molecular formula is C11H9NS2. The molecule has 0 radical (unpaired) electrons. The minimum absolute atomic E-state index is 0.459. The number of thiol groups is 1. The summed E-state index contributed by atoms with van der Waals surface area (Å²) in [6, 6.07) is 8.26. The summed E-state index contributed by atoms with van der Waals surface area (Å²) in [6.45, 7) is 2.06. The van der Waals surface area contributed by atoms with Crippen LogP contribution in [0.15, 0.2) is 23.1 Å². The summed E-state index contributed by atoms with van der Waals surface area (Å²) in [6.07, 6.45) is 0.459. The lowest BCUT2D eigenvalue weighted by molar-refractivity contribution is 1.28. The summed E-state index contributed by atoms with van der Waals surface area (Å²) in [4.78, 5) is 2.24. The van der Waals surface area contributed by atoms with Crippen molar-refractivity contribution in [3.05, 3.63) is 28.6 Å². The average molecular weight is 219 g/mol. The molecule has 14 heavy (non-hydrogen) atoms. The molecular weight excluding hydrogens is 210 g/mol. The first-order valence-electron chi connectivity index (χ1n) is 4.31. The predicted octanol–water partition coefficient (Wildman–Crippen LogP) is 3.56. The highest BCUT2D eigenvalue weighted by molar-refractivity contribution is 7.80. The first-order chi connectivity index (χ1) is 6.74. The van der Waals surface area contributed by atoms with E-state index in [1.54, 1.807) is 11.3 Å². The highest BCUT2D eigenvalue weighted by Gasteiger charge is 2.09. The summed E-state index contributed by atoms with van der Waals surface area (Å²) < 4.78 is 1.22. The van der Waals surface area contributed by atoms with Gasteiger partial charge in [-0.1, -0.05) is 12.1 Å². The summed E-state index contributed by atoms with van der Waals surface area (Å²) >= 11 is 6.21. The molecule has 0 saturated heterocycles. The number of nitrogens with zero attached hydrogens (tertiary/aromatic N) is 1. The summed E-state index contributed by atoms with van der Waals surface area (Å²) in [5, 5.41) is 9.86. The number of thiophene rings is 1. The average Bonchev–Trinajstić information content (AvgIpc) is 2.45. The molecule has 2 aromatic rings. The molecule has 1 aromatic carbocycles. The zero-order valence-corrected chi connectivity index (χ0v) is 9.45. The topological polar surface area (TPSA) is 23.8 Å². The minimum Gasteiger partial charge on any atom is -0.198 e. The van der Waals surface area contributed by atoms with Gasteiger partial charge in [-0.15, -0.1) is 24.0 Å². The van der Waals surface area contributed by atoms with E-state index in [1.807, 2.05) is 12.1 Å². The standard InChI is InChI=1S/C11H9NS2/c1-7-11(13)10-8(5-6-12)3-2-4-9(10)14-7/h2-4,13H,5H2,1H3. The van der Waals surface area contributed by atoms with Crippen molar-refractivity contribution in [2.75, 3.05) is 0 Å². The fourth-order valence-corrected chi connectivity index (χ4v) is 3.04. The Morgan fingerprint density at radius 1 is 1.50 bits per heavy atom. The Morgan fingerprint density at radius 2 is 2.29 bits per heavy atom. The quantitative estimate of drug-likeness (QED) is 0.728. The van der Waals surface area contributed by atoms with Gasteiger partial charge in [0, 0.05) is 19.9 Å². The smallest absolute Gasteiger partial charge is 0.0669 e. The van der Waals surface area contributed by atoms with Gasteiger partial charge < -0.3 is 0 Å². The molecule has 0 aliphatic heterocycles. The summed E-state index contributed by atoms with van der Waals surface area (Å²) in [5.74, 6) is 0. The van der Waals surface area contributed by atoms with Gasteiger partial charge in [-0.2, -0.15) is 5.26 Å². The number of benzene rings is 1. The molecule has 0 aliphatic carbocycles. The van der Waals surface area contributed by atoms with E-state index in [2.05, 4.69) is 31.7 Å². The largest absolute Gasteiger partial charge is 0.198 e. The van der Waals surface area contributed by atoms with E-state index in [9.17, 15) is 0 Å². The van der Waals surface area contributed by atoms with E-state index in [0.717, 1.165) is 15.8 Å². The summed E-state index contributed by atoms with van der Waals surface area (Å²) in [7, 11) is 0. The van der Waals surface area contributed by atoms with Crippen LogP contribution in [0, 0.1) is 18.3 Å². The van der Waals surface area contributed by atoms with E-state index in [-0.39, 0.29) is 0 Å². The molecule has 70 valence electrons. The van der Waals surface area contributed by atoms with Gasteiger partial charge in [-0.25, -0.2) is 0 Å². The molecule has 0 N–H and O–H groups in total. The maximum atomic E-state index is 8.71. The normalized spacial score (nSPS) is 10.4. The Hall–Kier alpha value is -0.980. The second-order valence-corrected chi connectivity index (χ2v) is 4.84. The van der Waals surface area contributed by atoms with Gasteiger partial charge in [0.25, 0.3) is 0 Å². The lowest BCUT2D eigenvalue weighted by Crippen LogP contribution is -1.82. The highest BCUT2D eigenvalue weighted by Crippen LogP contribution is 2.35. The van der Waals surface area contributed by atoms with Crippen molar-refractivity contribution >= 4 is 34.1 Å². The molecule has 0 fully saturated rings. The third-order valence-corrected chi connectivity index (χ3v) is 4.00. The Kier molecular flexibility index (Phi) is 2.49. The van der Waals surface area contributed by atoms with Gasteiger partial charge in [0.1, 0.15) is 0 Å². The number of fused-ring (bicyclic) bond motifs is 1. The molecule has 1 aromatic heterocycles. The third-order valence-electron chi connectivity index (χ3n) is 2.22. The minimum atomic E-state index is 0.459. The van der Waals surface area contributed by atoms with E-state index in [4.69, 9.17) is 5.26 Å². The van der Waals surface area contributed by atoms with Crippen LogP contribution in [0.3, 0.4) is 0 Å². The Balaban J connectivity index is 2.79. The van der Waals surface area contributed by atoms with E-state index < -0.39 is 0 Å². The molecule has 0 amide bonds. The van der Waals surface area contributed by atoms with Crippen molar-refractivity contribution in [2.24, 2.45) is 0 Å². The van der Waals surface area contributed by atoms with Crippen molar-refractivity contribution in [2.45, 2.75) is 18.2 Å². The first-order valence-corrected chi connectivity index (χ1v) is 5.57. The van der Waals surface area contributed by atoms with Crippen LogP contribution in [0.2, 0.25) is 0 Å². The zero-order chi connectivity index (χ0) is 10.1. The molecule has 1 nitrogen and oxygen atoms in total. The number of hydrogen-bond acceptors (Lipinski definition) is 3. The second kappa shape index (κ2) is 3.64. The number of hydrogen-bond donors (Lipinski definition) is 1. The van der Waals surface area contributed by atoms with Crippen molar-refractivity contribution < 1.29 is 0 Å². The number of rotatable bonds is 1. The predicted molar refractivity (Wildman–Crippen MR) is 63.1 cm³/mol. The molecule has 1 heterocycles. The molecule has 3 heteroatoms. The fourth-order valence-electron chi connectivity index (χ4n) is 1.55. The SMILES string of the molecule is Cc1sc2cccc(CC#N)c2c1S. The molecule has 0 aliphatic rings. The van der Waals surface area contributed by atoms with E-state index >= 15 is 0 Å². The van der Waals surface area contributed by atoms with E-state index in [1.165, 1.54) is 9.58 Å². The van der Waals surface area contributed by atoms with Gasteiger partial charge in [0.2, 0.25) is 0 Å². The van der Waals surface area contributed by atoms with Crippen LogP contribution >= 0.6 is 24.0 Å². The van der Waals surface area contributed by atoms with Crippen LogP contribution in [-0.4, -0.2) is 0 Å². The van der Waals surface area contributed by atoms with Gasteiger partial charge in [-0.3, -0.25) is 0 Å². The van der Waals surface area contributed by atoms with Gasteiger partial charge >= 0.3 is 0 Å². The summed E-state index contributed by atoms with van der Waals surface area (Å²) in [5.41, 5.74) is 1.08. The van der Waals surface area contributed by atoms with E-state index in [0.29, 0.717) is 6.42 Å². The first kappa shape index (κ1) is 9.57. The van der Waals surface area contributed by atoms with Crippen molar-refractivity contribution in [1.82, 2.24) is 0 Å².